The number of hydrogen-bond donors (Lipinski definition) is 0. The first-order chi connectivity index (χ1) is 10.7. The van der Waals surface area contributed by atoms with Gasteiger partial charge in [-0.05, 0) is 48.9 Å². The van der Waals surface area contributed by atoms with Crippen LogP contribution in [-0.2, 0) is 0 Å². The fourth-order valence-corrected chi connectivity index (χ4v) is 3.84. The molecule has 2 heteroatoms. The first-order valence-corrected chi connectivity index (χ1v) is 8.28. The molecule has 0 nitrogen and oxygen atoms in total. The van der Waals surface area contributed by atoms with Gasteiger partial charge in [-0.1, -0.05) is 71.8 Å². The van der Waals surface area contributed by atoms with E-state index in [4.69, 9.17) is 0 Å². The van der Waals surface area contributed by atoms with Crippen molar-refractivity contribution in [2.24, 2.45) is 0 Å². The van der Waals surface area contributed by atoms with Gasteiger partial charge >= 0.3 is 37.7 Å². The summed E-state index contributed by atoms with van der Waals surface area (Å²) in [7, 11) is 0. The Kier molecular flexibility index (Phi) is 6.48. The minimum atomic E-state index is 0. The molecular weight excluding hydrogens is 278 g/mol. The van der Waals surface area contributed by atoms with Crippen molar-refractivity contribution in [2.45, 2.75) is 38.5 Å². The molecule has 0 radical (unpaired) electrons. The van der Waals surface area contributed by atoms with E-state index in [0.717, 1.165) is 0 Å². The molecule has 0 saturated heterocycles. The van der Waals surface area contributed by atoms with Crippen molar-refractivity contribution in [3.8, 4) is 0 Å². The molecule has 0 bridgehead atoms. The van der Waals surface area contributed by atoms with Crippen LogP contribution in [0.15, 0.2) is 48.6 Å². The predicted octanol–water partition coefficient (Wildman–Crippen LogP) is 4.71. The van der Waals surface area contributed by atoms with Crippen LogP contribution in [0.4, 0.5) is 0 Å². The van der Waals surface area contributed by atoms with Crippen LogP contribution in [0.3, 0.4) is 0 Å². The summed E-state index contributed by atoms with van der Waals surface area (Å²) in [4.78, 5) is 0. The monoisotopic (exact) mass is 302 g/mol. The third-order valence-electron chi connectivity index (χ3n) is 5.09. The molecule has 4 rings (SSSR count). The van der Waals surface area contributed by atoms with Crippen molar-refractivity contribution < 1.29 is 0 Å². The number of fused-ring (bicyclic) bond motifs is 2. The second-order valence-corrected chi connectivity index (χ2v) is 6.77. The topological polar surface area (TPSA) is 0 Å². The molecule has 0 N–H and O–H groups in total. The van der Waals surface area contributed by atoms with E-state index in [1.54, 1.807) is 0 Å². The maximum atomic E-state index is 2.39. The first-order valence-electron chi connectivity index (χ1n) is 8.28. The van der Waals surface area contributed by atoms with E-state index < -0.39 is 0 Å². The number of benzene rings is 2. The van der Waals surface area contributed by atoms with Crippen LogP contribution < -0.4 is 0 Å². The third-order valence-corrected chi connectivity index (χ3v) is 5.09. The summed E-state index contributed by atoms with van der Waals surface area (Å²) in [5.74, 6) is 1.19. The van der Waals surface area contributed by atoms with Crippen LogP contribution in [0, 0.1) is 13.8 Å². The van der Waals surface area contributed by atoms with Gasteiger partial charge in [-0.2, -0.15) is 0 Å². The molecule has 0 aliphatic heterocycles. The molecule has 2 aliphatic rings. The Labute approximate surface area is 169 Å². The molecule has 0 fully saturated rings. The Morgan fingerprint density at radius 3 is 1.50 bits per heavy atom. The summed E-state index contributed by atoms with van der Waals surface area (Å²) in [5.41, 5.74) is 8.60. The molecule has 2 aromatic carbocycles. The van der Waals surface area contributed by atoms with Crippen molar-refractivity contribution in [3.05, 3.63) is 81.9 Å². The zero-order chi connectivity index (χ0) is 15.1. The van der Waals surface area contributed by atoms with Crippen LogP contribution in [0.25, 0.3) is 12.2 Å². The average Bonchev–Trinajstić information content (AvgIpc) is 3.08. The summed E-state index contributed by atoms with van der Waals surface area (Å²) < 4.78 is 0. The van der Waals surface area contributed by atoms with Crippen molar-refractivity contribution in [1.29, 1.82) is 0 Å². The Hall–Kier alpha value is -0.885. The molecule has 2 unspecified atom stereocenters. The van der Waals surface area contributed by atoms with Crippen LogP contribution in [-0.4, -0.2) is 37.7 Å². The number of hydrogen-bond acceptors (Lipinski definition) is 0. The van der Waals surface area contributed by atoms with E-state index in [1.165, 1.54) is 46.2 Å². The average molecular weight is 302 g/mol. The maximum absolute atomic E-state index is 2.39. The summed E-state index contributed by atoms with van der Waals surface area (Å²) >= 11 is 0. The summed E-state index contributed by atoms with van der Waals surface area (Å²) in [6, 6.07) is 13.7. The summed E-state index contributed by atoms with van der Waals surface area (Å²) in [5, 5.41) is 0. The SMILES string of the molecule is Cc1ccc2c(c1)C(CCC1C=Cc3ccc(C)cc31)C=C2.[LiH].[LiH]. The van der Waals surface area contributed by atoms with Gasteiger partial charge in [0.1, 0.15) is 0 Å². The van der Waals surface area contributed by atoms with Gasteiger partial charge < -0.3 is 0 Å². The van der Waals surface area contributed by atoms with Gasteiger partial charge in [-0.25, -0.2) is 0 Å². The predicted molar refractivity (Wildman–Crippen MR) is 109 cm³/mol. The van der Waals surface area contributed by atoms with Crippen molar-refractivity contribution in [1.82, 2.24) is 0 Å². The van der Waals surface area contributed by atoms with E-state index in [-0.39, 0.29) is 37.7 Å². The molecule has 0 spiro atoms. The van der Waals surface area contributed by atoms with E-state index in [9.17, 15) is 0 Å². The minimum absolute atomic E-state index is 0. The van der Waals surface area contributed by atoms with Gasteiger partial charge in [0.15, 0.2) is 0 Å². The third kappa shape index (κ3) is 3.69. The van der Waals surface area contributed by atoms with Gasteiger partial charge in [-0.3, -0.25) is 0 Å². The number of rotatable bonds is 3. The van der Waals surface area contributed by atoms with Gasteiger partial charge in [0.2, 0.25) is 0 Å². The van der Waals surface area contributed by atoms with Crippen molar-refractivity contribution in [2.75, 3.05) is 0 Å². The normalized spacial score (nSPS) is 19.4. The molecule has 2 aliphatic carbocycles. The molecule has 0 aromatic heterocycles. The van der Waals surface area contributed by atoms with Gasteiger partial charge in [-0.15, -0.1) is 0 Å². The molecule has 114 valence electrons. The van der Waals surface area contributed by atoms with Gasteiger partial charge in [0.25, 0.3) is 0 Å². The second-order valence-electron chi connectivity index (χ2n) is 6.77. The Bertz CT molecular complexity index is 719. The molecule has 0 saturated carbocycles. The van der Waals surface area contributed by atoms with Crippen molar-refractivity contribution >= 4 is 49.9 Å². The van der Waals surface area contributed by atoms with E-state index >= 15 is 0 Å². The Morgan fingerprint density at radius 2 is 1.08 bits per heavy atom. The molecular formula is C22H24Li2. The Balaban J connectivity index is 0.00000104. The van der Waals surface area contributed by atoms with Gasteiger partial charge in [0, 0.05) is 11.8 Å². The van der Waals surface area contributed by atoms with E-state index in [2.05, 4.69) is 74.5 Å². The fourth-order valence-electron chi connectivity index (χ4n) is 3.84. The van der Waals surface area contributed by atoms with Crippen LogP contribution in [0.2, 0.25) is 0 Å². The summed E-state index contributed by atoms with van der Waals surface area (Å²) in [6.07, 6.45) is 11.8. The van der Waals surface area contributed by atoms with Crippen LogP contribution >= 0.6 is 0 Å². The Morgan fingerprint density at radius 1 is 0.667 bits per heavy atom. The van der Waals surface area contributed by atoms with E-state index in [0.29, 0.717) is 11.8 Å². The second kappa shape index (κ2) is 8.00. The van der Waals surface area contributed by atoms with Gasteiger partial charge in [0.05, 0.1) is 0 Å². The van der Waals surface area contributed by atoms with Crippen LogP contribution in [0.5, 0.6) is 0 Å². The van der Waals surface area contributed by atoms with E-state index in [1.807, 2.05) is 0 Å². The standard InChI is InChI=1S/C22H22.2Li.2H/c1-15-3-5-17-7-9-19(21(17)13-15)11-12-20-10-8-18-6-4-16(2)14-22(18)20;;;;/h3-10,13-14,19-20H,11-12H2,1-2H3;;;;. The molecule has 2 atom stereocenters. The van der Waals surface area contributed by atoms with Crippen LogP contribution in [0.1, 0.15) is 58.1 Å². The molecule has 2 aromatic rings. The molecule has 0 heterocycles. The fraction of sp³-hybridized carbons (Fsp3) is 0.273. The zero-order valence-electron chi connectivity index (χ0n) is 13.3. The molecule has 24 heavy (non-hydrogen) atoms. The number of aryl methyl sites for hydroxylation is 2. The summed E-state index contributed by atoms with van der Waals surface area (Å²) in [6.45, 7) is 4.38. The number of allylic oxidation sites excluding steroid dienone is 2. The quantitative estimate of drug-likeness (QED) is 0.720. The molecule has 0 amide bonds. The first kappa shape index (κ1) is 19.4. The van der Waals surface area contributed by atoms with Crippen molar-refractivity contribution in [3.63, 3.8) is 0 Å². The zero-order valence-corrected chi connectivity index (χ0v) is 13.3.